The van der Waals surface area contributed by atoms with Crippen LogP contribution in [0.1, 0.15) is 26.3 Å². The lowest BCUT2D eigenvalue weighted by atomic mass is 10.1. The van der Waals surface area contributed by atoms with Crippen molar-refractivity contribution in [3.8, 4) is 0 Å². The number of rotatable bonds is 3. The van der Waals surface area contributed by atoms with Gasteiger partial charge in [0.2, 0.25) is 11.8 Å². The van der Waals surface area contributed by atoms with Crippen molar-refractivity contribution in [1.29, 1.82) is 0 Å². The fourth-order valence-corrected chi connectivity index (χ4v) is 1.40. The van der Waals surface area contributed by atoms with Crippen LogP contribution in [0.4, 0.5) is 11.4 Å². The van der Waals surface area contributed by atoms with E-state index in [0.717, 1.165) is 5.56 Å². The third-order valence-electron chi connectivity index (χ3n) is 2.35. The number of amides is 2. The van der Waals surface area contributed by atoms with Gasteiger partial charge in [0.15, 0.2) is 0 Å². The second-order valence-electron chi connectivity index (χ2n) is 4.64. The molecule has 0 aromatic heterocycles. The van der Waals surface area contributed by atoms with Gasteiger partial charge in [0.05, 0.1) is 4.32 Å². The number of alkyl halides is 1. The first-order valence-electron chi connectivity index (χ1n) is 5.59. The van der Waals surface area contributed by atoms with E-state index in [4.69, 9.17) is 0 Å². The average molecular weight is 313 g/mol. The minimum absolute atomic E-state index is 0.137. The van der Waals surface area contributed by atoms with Crippen molar-refractivity contribution in [3.05, 3.63) is 23.8 Å². The molecule has 0 aliphatic rings. The highest BCUT2D eigenvalue weighted by Gasteiger charge is 2.23. The van der Waals surface area contributed by atoms with Gasteiger partial charge in [-0.3, -0.25) is 9.59 Å². The van der Waals surface area contributed by atoms with Crippen LogP contribution < -0.4 is 10.6 Å². The number of aryl methyl sites for hydroxylation is 1. The van der Waals surface area contributed by atoms with Crippen LogP contribution in [0.25, 0.3) is 0 Å². The molecular formula is C13H17BrN2O2. The molecule has 98 valence electrons. The Bertz CT molecular complexity index is 478. The van der Waals surface area contributed by atoms with Gasteiger partial charge in [-0.2, -0.15) is 0 Å². The molecule has 0 radical (unpaired) electrons. The van der Waals surface area contributed by atoms with E-state index in [1.54, 1.807) is 26.0 Å². The Balaban J connectivity index is 2.92. The Morgan fingerprint density at radius 3 is 2.33 bits per heavy atom. The molecule has 2 N–H and O–H groups in total. The molecule has 0 saturated heterocycles. The van der Waals surface area contributed by atoms with Gasteiger partial charge in [-0.15, -0.1) is 0 Å². The Hall–Kier alpha value is -1.36. The number of benzene rings is 1. The quantitative estimate of drug-likeness (QED) is 0.843. The van der Waals surface area contributed by atoms with Crippen molar-refractivity contribution in [1.82, 2.24) is 0 Å². The van der Waals surface area contributed by atoms with Gasteiger partial charge in [0, 0.05) is 18.3 Å². The molecule has 0 spiro atoms. The predicted molar refractivity (Wildman–Crippen MR) is 77.1 cm³/mol. The summed E-state index contributed by atoms with van der Waals surface area (Å²) in [7, 11) is 0. The smallest absolute Gasteiger partial charge is 0.240 e. The molecule has 18 heavy (non-hydrogen) atoms. The summed E-state index contributed by atoms with van der Waals surface area (Å²) >= 11 is 3.29. The molecule has 2 amide bonds. The summed E-state index contributed by atoms with van der Waals surface area (Å²) in [5.41, 5.74) is 2.30. The van der Waals surface area contributed by atoms with E-state index in [1.165, 1.54) is 6.92 Å². The summed E-state index contributed by atoms with van der Waals surface area (Å²) < 4.78 is -0.633. The number of carbonyl (C=O) groups is 2. The molecular weight excluding hydrogens is 296 g/mol. The number of carbonyl (C=O) groups excluding carboxylic acids is 2. The van der Waals surface area contributed by atoms with Crippen LogP contribution in [0.5, 0.6) is 0 Å². The van der Waals surface area contributed by atoms with Gasteiger partial charge in [-0.25, -0.2) is 0 Å². The highest BCUT2D eigenvalue weighted by molar-refractivity contribution is 9.10. The minimum Gasteiger partial charge on any atom is -0.326 e. The zero-order valence-corrected chi connectivity index (χ0v) is 12.5. The number of hydrogen-bond donors (Lipinski definition) is 2. The van der Waals surface area contributed by atoms with Crippen molar-refractivity contribution >= 4 is 39.1 Å². The van der Waals surface area contributed by atoms with Crippen molar-refractivity contribution in [3.63, 3.8) is 0 Å². The standard InChI is InChI=1S/C13H17BrN2O2/c1-8-5-6-10(7-11(8)15-9(2)17)16-12(18)13(3,4)14/h5-7H,1-4H3,(H,15,17)(H,16,18). The zero-order valence-electron chi connectivity index (χ0n) is 10.9. The summed E-state index contributed by atoms with van der Waals surface area (Å²) in [5.74, 6) is -0.275. The molecule has 0 aliphatic heterocycles. The second-order valence-corrected chi connectivity index (χ2v) is 6.62. The summed E-state index contributed by atoms with van der Waals surface area (Å²) in [5, 5.41) is 5.51. The number of anilines is 2. The van der Waals surface area contributed by atoms with E-state index in [-0.39, 0.29) is 11.8 Å². The van der Waals surface area contributed by atoms with Gasteiger partial charge < -0.3 is 10.6 Å². The number of halogens is 1. The molecule has 0 aliphatic carbocycles. The van der Waals surface area contributed by atoms with Crippen molar-refractivity contribution < 1.29 is 9.59 Å². The molecule has 4 nitrogen and oxygen atoms in total. The van der Waals surface area contributed by atoms with Crippen LogP contribution in [0.3, 0.4) is 0 Å². The van der Waals surface area contributed by atoms with Crippen molar-refractivity contribution in [2.75, 3.05) is 10.6 Å². The lowest BCUT2D eigenvalue weighted by Gasteiger charge is -2.17. The third kappa shape index (κ3) is 4.14. The Morgan fingerprint density at radius 2 is 1.83 bits per heavy atom. The van der Waals surface area contributed by atoms with Crippen LogP contribution >= 0.6 is 15.9 Å². The molecule has 0 heterocycles. The van der Waals surface area contributed by atoms with Gasteiger partial charge in [-0.1, -0.05) is 22.0 Å². The van der Waals surface area contributed by atoms with Crippen LogP contribution in [-0.4, -0.2) is 16.1 Å². The maximum atomic E-state index is 11.8. The third-order valence-corrected chi connectivity index (χ3v) is 2.71. The second kappa shape index (κ2) is 5.52. The zero-order chi connectivity index (χ0) is 13.9. The molecule has 0 bridgehead atoms. The van der Waals surface area contributed by atoms with E-state index in [1.807, 2.05) is 13.0 Å². The Kier molecular flexibility index (Phi) is 4.51. The molecule has 0 fully saturated rings. The highest BCUT2D eigenvalue weighted by atomic mass is 79.9. The van der Waals surface area contributed by atoms with Crippen LogP contribution in [-0.2, 0) is 9.59 Å². The summed E-state index contributed by atoms with van der Waals surface area (Å²) in [6, 6.07) is 5.40. The lowest BCUT2D eigenvalue weighted by molar-refractivity contribution is -0.117. The van der Waals surface area contributed by atoms with Gasteiger partial charge in [-0.05, 0) is 38.5 Å². The van der Waals surface area contributed by atoms with E-state index < -0.39 is 4.32 Å². The summed E-state index contributed by atoms with van der Waals surface area (Å²) in [4.78, 5) is 22.9. The maximum Gasteiger partial charge on any atom is 0.240 e. The normalized spacial score (nSPS) is 10.9. The molecule has 1 aromatic rings. The van der Waals surface area contributed by atoms with E-state index >= 15 is 0 Å². The molecule has 1 aromatic carbocycles. The Morgan fingerprint density at radius 1 is 1.22 bits per heavy atom. The van der Waals surface area contributed by atoms with Crippen LogP contribution in [0, 0.1) is 6.92 Å². The fraction of sp³-hybridized carbons (Fsp3) is 0.385. The fourth-order valence-electron chi connectivity index (χ4n) is 1.30. The van der Waals surface area contributed by atoms with Crippen molar-refractivity contribution in [2.45, 2.75) is 32.0 Å². The van der Waals surface area contributed by atoms with Gasteiger partial charge >= 0.3 is 0 Å². The van der Waals surface area contributed by atoms with Gasteiger partial charge in [0.1, 0.15) is 0 Å². The van der Waals surface area contributed by atoms with Gasteiger partial charge in [0.25, 0.3) is 0 Å². The highest BCUT2D eigenvalue weighted by Crippen LogP contribution is 2.23. The molecule has 0 atom stereocenters. The number of hydrogen-bond acceptors (Lipinski definition) is 2. The lowest BCUT2D eigenvalue weighted by Crippen LogP contribution is -2.31. The number of nitrogens with one attached hydrogen (secondary N) is 2. The van der Waals surface area contributed by atoms with Crippen LogP contribution in [0.15, 0.2) is 18.2 Å². The van der Waals surface area contributed by atoms with E-state index in [2.05, 4.69) is 26.6 Å². The van der Waals surface area contributed by atoms with Crippen molar-refractivity contribution in [2.24, 2.45) is 0 Å². The first kappa shape index (κ1) is 14.7. The largest absolute Gasteiger partial charge is 0.326 e. The molecule has 0 unspecified atom stereocenters. The van der Waals surface area contributed by atoms with Crippen LogP contribution in [0.2, 0.25) is 0 Å². The molecule has 1 rings (SSSR count). The summed E-state index contributed by atoms with van der Waals surface area (Å²) in [6.45, 7) is 6.88. The monoisotopic (exact) mass is 312 g/mol. The minimum atomic E-state index is -0.633. The van der Waals surface area contributed by atoms with E-state index in [9.17, 15) is 9.59 Å². The SMILES string of the molecule is CC(=O)Nc1cc(NC(=O)C(C)(C)Br)ccc1C. The summed E-state index contributed by atoms with van der Waals surface area (Å²) in [6.07, 6.45) is 0. The molecule has 0 saturated carbocycles. The Labute approximate surface area is 115 Å². The molecule has 5 heteroatoms. The van der Waals surface area contributed by atoms with E-state index in [0.29, 0.717) is 11.4 Å². The maximum absolute atomic E-state index is 11.8. The average Bonchev–Trinajstić information content (AvgIpc) is 2.20. The first-order valence-corrected chi connectivity index (χ1v) is 6.38. The topological polar surface area (TPSA) is 58.2 Å². The predicted octanol–water partition coefficient (Wildman–Crippen LogP) is 3.07. The first-order chi connectivity index (χ1) is 8.20.